The number of likely N-dealkylation sites (N-methyl/N-ethyl adjacent to an activating group) is 1. The van der Waals surface area contributed by atoms with Gasteiger partial charge >= 0.3 is 0 Å². The minimum absolute atomic E-state index is 0.503. The average Bonchev–Trinajstić information content (AvgIpc) is 2.41. The Morgan fingerprint density at radius 3 is 2.88 bits per heavy atom. The lowest BCUT2D eigenvalue weighted by atomic mass is 10.2. The largest absolute Gasteiger partial charge is 0.397 e. The van der Waals surface area contributed by atoms with Gasteiger partial charge in [-0.15, -0.1) is 0 Å². The lowest BCUT2D eigenvalue weighted by Crippen LogP contribution is -2.38. The highest BCUT2D eigenvalue weighted by Crippen LogP contribution is 2.18. The van der Waals surface area contributed by atoms with E-state index < -0.39 is 0 Å². The zero-order chi connectivity index (χ0) is 11.5. The SMILES string of the molecule is CC1CN(C)CCCN1c1ccc(N)cn1. The van der Waals surface area contributed by atoms with Crippen LogP contribution in [0.25, 0.3) is 0 Å². The molecule has 4 heteroatoms. The van der Waals surface area contributed by atoms with Gasteiger partial charge in [0.1, 0.15) is 5.82 Å². The van der Waals surface area contributed by atoms with Gasteiger partial charge in [0.05, 0.1) is 11.9 Å². The van der Waals surface area contributed by atoms with Gasteiger partial charge in [0.15, 0.2) is 0 Å². The number of hydrogen-bond donors (Lipinski definition) is 1. The molecular weight excluding hydrogens is 200 g/mol. The summed E-state index contributed by atoms with van der Waals surface area (Å²) in [5.41, 5.74) is 6.38. The number of nitrogen functional groups attached to an aromatic ring is 1. The summed E-state index contributed by atoms with van der Waals surface area (Å²) in [6.45, 7) is 5.57. The van der Waals surface area contributed by atoms with Crippen LogP contribution in [0.4, 0.5) is 11.5 Å². The molecule has 1 aliphatic heterocycles. The van der Waals surface area contributed by atoms with Gasteiger partial charge in [-0.2, -0.15) is 0 Å². The van der Waals surface area contributed by atoms with Crippen molar-refractivity contribution in [1.29, 1.82) is 0 Å². The van der Waals surface area contributed by atoms with E-state index in [9.17, 15) is 0 Å². The Balaban J connectivity index is 2.15. The molecule has 1 saturated heterocycles. The fourth-order valence-electron chi connectivity index (χ4n) is 2.28. The Morgan fingerprint density at radius 2 is 2.19 bits per heavy atom. The smallest absolute Gasteiger partial charge is 0.128 e. The summed E-state index contributed by atoms with van der Waals surface area (Å²) in [6.07, 6.45) is 2.92. The van der Waals surface area contributed by atoms with Crippen LogP contribution in [0.1, 0.15) is 13.3 Å². The van der Waals surface area contributed by atoms with Crippen LogP contribution in [-0.2, 0) is 0 Å². The van der Waals surface area contributed by atoms with Crippen LogP contribution < -0.4 is 10.6 Å². The van der Waals surface area contributed by atoms with Gasteiger partial charge in [0.2, 0.25) is 0 Å². The zero-order valence-corrected chi connectivity index (χ0v) is 10.1. The monoisotopic (exact) mass is 220 g/mol. The van der Waals surface area contributed by atoms with Crippen LogP contribution in [-0.4, -0.2) is 42.6 Å². The quantitative estimate of drug-likeness (QED) is 0.772. The molecule has 1 aromatic heterocycles. The van der Waals surface area contributed by atoms with Gasteiger partial charge in [-0.05, 0) is 39.1 Å². The molecule has 1 aliphatic rings. The molecule has 0 saturated carbocycles. The standard InChI is InChI=1S/C12H20N4/c1-10-9-15(2)6-3-7-16(10)12-5-4-11(13)8-14-12/h4-5,8,10H,3,6-7,9,13H2,1-2H3. The molecule has 1 fully saturated rings. The van der Waals surface area contributed by atoms with Crippen molar-refractivity contribution in [2.45, 2.75) is 19.4 Å². The molecule has 0 radical (unpaired) electrons. The van der Waals surface area contributed by atoms with E-state index in [1.54, 1.807) is 6.20 Å². The lowest BCUT2D eigenvalue weighted by molar-refractivity contribution is 0.337. The molecule has 4 nitrogen and oxygen atoms in total. The van der Waals surface area contributed by atoms with E-state index in [0.717, 1.165) is 31.1 Å². The van der Waals surface area contributed by atoms with Crippen LogP contribution in [0.15, 0.2) is 18.3 Å². The van der Waals surface area contributed by atoms with Crippen molar-refractivity contribution in [3.05, 3.63) is 18.3 Å². The first kappa shape index (κ1) is 11.2. The lowest BCUT2D eigenvalue weighted by Gasteiger charge is -2.29. The minimum atomic E-state index is 0.503. The highest BCUT2D eigenvalue weighted by molar-refractivity contribution is 5.46. The molecule has 1 aromatic rings. The summed E-state index contributed by atoms with van der Waals surface area (Å²) < 4.78 is 0. The summed E-state index contributed by atoms with van der Waals surface area (Å²) in [5.74, 6) is 1.04. The van der Waals surface area contributed by atoms with Crippen molar-refractivity contribution in [1.82, 2.24) is 9.88 Å². The molecule has 0 aliphatic carbocycles. The molecule has 2 rings (SSSR count). The van der Waals surface area contributed by atoms with Crippen LogP contribution in [0, 0.1) is 0 Å². The predicted octanol–water partition coefficient (Wildman–Crippen LogP) is 1.19. The third-order valence-corrected chi connectivity index (χ3v) is 3.11. The first-order chi connectivity index (χ1) is 7.66. The second kappa shape index (κ2) is 4.70. The summed E-state index contributed by atoms with van der Waals surface area (Å²) in [4.78, 5) is 9.14. The average molecular weight is 220 g/mol. The van der Waals surface area contributed by atoms with E-state index >= 15 is 0 Å². The maximum Gasteiger partial charge on any atom is 0.128 e. The van der Waals surface area contributed by atoms with E-state index in [4.69, 9.17) is 5.73 Å². The molecular formula is C12H20N4. The second-order valence-corrected chi connectivity index (χ2v) is 4.61. The Kier molecular flexibility index (Phi) is 3.29. The molecule has 0 bridgehead atoms. The van der Waals surface area contributed by atoms with Crippen molar-refractivity contribution >= 4 is 11.5 Å². The Bertz CT molecular complexity index is 335. The fraction of sp³-hybridized carbons (Fsp3) is 0.583. The van der Waals surface area contributed by atoms with Crippen molar-refractivity contribution in [3.8, 4) is 0 Å². The zero-order valence-electron chi connectivity index (χ0n) is 10.1. The van der Waals surface area contributed by atoms with Crippen LogP contribution in [0.2, 0.25) is 0 Å². The Morgan fingerprint density at radius 1 is 1.38 bits per heavy atom. The number of hydrogen-bond acceptors (Lipinski definition) is 4. The number of aromatic nitrogens is 1. The van der Waals surface area contributed by atoms with Gasteiger partial charge in [-0.1, -0.05) is 0 Å². The molecule has 0 aromatic carbocycles. The molecule has 16 heavy (non-hydrogen) atoms. The van der Waals surface area contributed by atoms with Crippen molar-refractivity contribution in [3.63, 3.8) is 0 Å². The number of nitrogens with two attached hydrogens (primary N) is 1. The van der Waals surface area contributed by atoms with Crippen LogP contribution >= 0.6 is 0 Å². The normalized spacial score (nSPS) is 23.1. The van der Waals surface area contributed by atoms with Crippen molar-refractivity contribution in [2.24, 2.45) is 0 Å². The first-order valence-corrected chi connectivity index (χ1v) is 5.83. The maximum atomic E-state index is 5.65. The highest BCUT2D eigenvalue weighted by Gasteiger charge is 2.20. The number of pyridine rings is 1. The number of rotatable bonds is 1. The molecule has 88 valence electrons. The Hall–Kier alpha value is -1.29. The third kappa shape index (κ3) is 2.44. The van der Waals surface area contributed by atoms with Gasteiger partial charge < -0.3 is 15.5 Å². The van der Waals surface area contributed by atoms with Gasteiger partial charge in [-0.3, -0.25) is 0 Å². The first-order valence-electron chi connectivity index (χ1n) is 5.83. The predicted molar refractivity (Wildman–Crippen MR) is 67.6 cm³/mol. The van der Waals surface area contributed by atoms with E-state index in [-0.39, 0.29) is 0 Å². The summed E-state index contributed by atoms with van der Waals surface area (Å²) in [6, 6.07) is 4.43. The summed E-state index contributed by atoms with van der Waals surface area (Å²) in [5, 5.41) is 0. The van der Waals surface area contributed by atoms with E-state index in [1.807, 2.05) is 12.1 Å². The van der Waals surface area contributed by atoms with Gasteiger partial charge in [0.25, 0.3) is 0 Å². The summed E-state index contributed by atoms with van der Waals surface area (Å²) in [7, 11) is 2.18. The molecule has 1 atom stereocenters. The molecule has 0 amide bonds. The topological polar surface area (TPSA) is 45.4 Å². The van der Waals surface area contributed by atoms with E-state index in [1.165, 1.54) is 6.42 Å². The van der Waals surface area contributed by atoms with Crippen LogP contribution in [0.3, 0.4) is 0 Å². The van der Waals surface area contributed by atoms with Gasteiger partial charge in [0, 0.05) is 19.1 Å². The molecule has 2 heterocycles. The van der Waals surface area contributed by atoms with Gasteiger partial charge in [-0.25, -0.2) is 4.98 Å². The molecule has 1 unspecified atom stereocenters. The second-order valence-electron chi connectivity index (χ2n) is 4.61. The van der Waals surface area contributed by atoms with Crippen LogP contribution in [0.5, 0.6) is 0 Å². The third-order valence-electron chi connectivity index (χ3n) is 3.11. The highest BCUT2D eigenvalue weighted by atomic mass is 15.3. The van der Waals surface area contributed by atoms with Crippen molar-refractivity contribution < 1.29 is 0 Å². The number of nitrogens with zero attached hydrogens (tertiary/aromatic N) is 3. The summed E-state index contributed by atoms with van der Waals surface area (Å²) >= 11 is 0. The number of anilines is 2. The maximum absolute atomic E-state index is 5.65. The van der Waals surface area contributed by atoms with E-state index in [0.29, 0.717) is 6.04 Å². The van der Waals surface area contributed by atoms with Crippen molar-refractivity contribution in [2.75, 3.05) is 37.3 Å². The molecule has 2 N–H and O–H groups in total. The van der Waals surface area contributed by atoms with E-state index in [2.05, 4.69) is 28.8 Å². The Labute approximate surface area is 97.1 Å². The minimum Gasteiger partial charge on any atom is -0.397 e. The fourth-order valence-corrected chi connectivity index (χ4v) is 2.28. The molecule has 0 spiro atoms.